The lowest BCUT2D eigenvalue weighted by molar-refractivity contribution is -0.120. The zero-order chi connectivity index (χ0) is 23.2. The molecule has 1 amide bonds. The second kappa shape index (κ2) is 10.5. The van der Waals surface area contributed by atoms with Gasteiger partial charge in [-0.3, -0.25) is 4.79 Å². The molecule has 11 heteroatoms. The van der Waals surface area contributed by atoms with Crippen molar-refractivity contribution in [2.45, 2.75) is 11.8 Å². The molecule has 0 saturated carbocycles. The molecule has 0 aromatic heterocycles. The van der Waals surface area contributed by atoms with Crippen molar-refractivity contribution >= 4 is 39.4 Å². The number of amides is 1. The van der Waals surface area contributed by atoms with Crippen LogP contribution in [0.15, 0.2) is 40.4 Å². The van der Waals surface area contributed by atoms with E-state index in [4.69, 9.17) is 25.9 Å². The molecule has 0 unspecified atom stereocenters. The molecule has 2 aromatic rings. The van der Waals surface area contributed by atoms with Crippen molar-refractivity contribution in [3.05, 3.63) is 46.5 Å². The fourth-order valence-electron chi connectivity index (χ4n) is 2.50. The number of halogens is 1. The average Bonchev–Trinajstić information content (AvgIpc) is 2.72. The van der Waals surface area contributed by atoms with Crippen molar-refractivity contribution in [3.8, 4) is 11.5 Å². The number of rotatable bonds is 9. The number of hydrogen-bond donors (Lipinski definition) is 1. The minimum Gasteiger partial charge on any atom is -0.493 e. The maximum Gasteiger partial charge on any atom is 0.265 e. The van der Waals surface area contributed by atoms with E-state index in [0.717, 1.165) is 4.31 Å². The van der Waals surface area contributed by atoms with E-state index in [1.54, 1.807) is 25.1 Å². The van der Waals surface area contributed by atoms with Gasteiger partial charge in [-0.05, 0) is 36.8 Å². The second-order valence-corrected chi connectivity index (χ2v) is 9.12. The summed E-state index contributed by atoms with van der Waals surface area (Å²) in [5, 5.41) is 6.72. The molecule has 0 radical (unpaired) electrons. The Bertz CT molecular complexity index is 1090. The molecule has 0 saturated heterocycles. The summed E-state index contributed by atoms with van der Waals surface area (Å²) in [4.78, 5) is 17.3. The van der Waals surface area contributed by atoms with Gasteiger partial charge in [0.1, 0.15) is 0 Å². The Kier molecular flexibility index (Phi) is 8.26. The SMILES string of the molecule is COc1cc(/C=N/OCC(=O)Nc2cc(S(=O)(=O)N(C)C)ccc2C)cc(Cl)c1OC. The van der Waals surface area contributed by atoms with Crippen molar-refractivity contribution in [1.29, 1.82) is 0 Å². The van der Waals surface area contributed by atoms with E-state index in [-0.39, 0.29) is 11.5 Å². The lowest BCUT2D eigenvalue weighted by atomic mass is 10.2. The van der Waals surface area contributed by atoms with Crippen LogP contribution in [0, 0.1) is 6.92 Å². The van der Waals surface area contributed by atoms with Crippen LogP contribution in [-0.2, 0) is 19.7 Å². The van der Waals surface area contributed by atoms with Gasteiger partial charge in [0.25, 0.3) is 5.91 Å². The number of oxime groups is 1. The van der Waals surface area contributed by atoms with E-state index >= 15 is 0 Å². The number of hydrogen-bond acceptors (Lipinski definition) is 7. The molecule has 2 rings (SSSR count). The number of anilines is 1. The number of carbonyl (C=O) groups excluding carboxylic acids is 1. The van der Waals surface area contributed by atoms with E-state index in [9.17, 15) is 13.2 Å². The first-order valence-corrected chi connectivity index (χ1v) is 10.8. The lowest BCUT2D eigenvalue weighted by Crippen LogP contribution is -2.23. The van der Waals surface area contributed by atoms with Crippen LogP contribution in [0.4, 0.5) is 5.69 Å². The van der Waals surface area contributed by atoms with Crippen molar-refractivity contribution in [2.24, 2.45) is 5.16 Å². The summed E-state index contributed by atoms with van der Waals surface area (Å²) in [6, 6.07) is 7.76. The van der Waals surface area contributed by atoms with Gasteiger partial charge in [-0.1, -0.05) is 22.8 Å². The van der Waals surface area contributed by atoms with Gasteiger partial charge in [0.15, 0.2) is 18.1 Å². The molecule has 0 bridgehead atoms. The summed E-state index contributed by atoms with van der Waals surface area (Å²) in [7, 11) is 2.21. The molecule has 0 atom stereocenters. The van der Waals surface area contributed by atoms with Crippen LogP contribution in [0.5, 0.6) is 11.5 Å². The quantitative estimate of drug-likeness (QED) is 0.447. The molecule has 0 spiro atoms. The monoisotopic (exact) mass is 469 g/mol. The van der Waals surface area contributed by atoms with Gasteiger partial charge in [0.05, 0.1) is 30.4 Å². The third-order valence-electron chi connectivity index (χ3n) is 4.19. The molecule has 0 aliphatic carbocycles. The summed E-state index contributed by atoms with van der Waals surface area (Å²) in [6.45, 7) is 1.38. The zero-order valence-corrected chi connectivity index (χ0v) is 19.4. The second-order valence-electron chi connectivity index (χ2n) is 6.56. The normalized spacial score (nSPS) is 11.6. The first-order valence-electron chi connectivity index (χ1n) is 9.00. The number of nitrogens with one attached hydrogen (secondary N) is 1. The smallest absolute Gasteiger partial charge is 0.265 e. The van der Waals surface area contributed by atoms with Crippen molar-refractivity contribution in [3.63, 3.8) is 0 Å². The molecule has 168 valence electrons. The summed E-state index contributed by atoms with van der Waals surface area (Å²) in [5.74, 6) is 0.331. The molecule has 0 aliphatic rings. The van der Waals surface area contributed by atoms with E-state index in [0.29, 0.717) is 33.3 Å². The maximum absolute atomic E-state index is 12.3. The number of nitrogens with zero attached hydrogens (tertiary/aromatic N) is 2. The van der Waals surface area contributed by atoms with Gasteiger partial charge in [-0.2, -0.15) is 0 Å². The minimum atomic E-state index is -3.62. The predicted octanol–water partition coefficient (Wildman–Crippen LogP) is 2.91. The summed E-state index contributed by atoms with van der Waals surface area (Å²) >= 11 is 6.13. The number of aryl methyl sites for hydroxylation is 1. The number of ether oxygens (including phenoxy) is 2. The van der Waals surface area contributed by atoms with Crippen LogP contribution in [0.3, 0.4) is 0 Å². The highest BCUT2D eigenvalue weighted by atomic mass is 35.5. The zero-order valence-electron chi connectivity index (χ0n) is 17.8. The van der Waals surface area contributed by atoms with Gasteiger partial charge in [0.2, 0.25) is 10.0 Å². The van der Waals surface area contributed by atoms with Crippen molar-refractivity contribution in [2.75, 3.05) is 40.2 Å². The van der Waals surface area contributed by atoms with Crippen LogP contribution < -0.4 is 14.8 Å². The first-order chi connectivity index (χ1) is 14.6. The molecule has 0 fully saturated rings. The van der Waals surface area contributed by atoms with E-state index in [1.165, 1.54) is 46.7 Å². The fraction of sp³-hybridized carbons (Fsp3) is 0.300. The van der Waals surface area contributed by atoms with Crippen LogP contribution in [0.25, 0.3) is 0 Å². The highest BCUT2D eigenvalue weighted by Gasteiger charge is 2.18. The summed E-state index contributed by atoms with van der Waals surface area (Å²) < 4.78 is 36.0. The first kappa shape index (κ1) is 24.4. The molecule has 1 N–H and O–H groups in total. The Hall–Kier alpha value is -2.82. The average molecular weight is 470 g/mol. The molecular formula is C20H24ClN3O6S. The van der Waals surface area contributed by atoms with Crippen molar-refractivity contribution < 1.29 is 27.5 Å². The van der Waals surface area contributed by atoms with E-state index < -0.39 is 15.9 Å². The van der Waals surface area contributed by atoms with Gasteiger partial charge >= 0.3 is 0 Å². The van der Waals surface area contributed by atoms with Gasteiger partial charge in [-0.25, -0.2) is 12.7 Å². The number of benzene rings is 2. The highest BCUT2D eigenvalue weighted by molar-refractivity contribution is 7.89. The van der Waals surface area contributed by atoms with Gasteiger partial charge < -0.3 is 19.6 Å². The third kappa shape index (κ3) is 6.09. The molecular weight excluding hydrogens is 446 g/mol. The van der Waals surface area contributed by atoms with Crippen molar-refractivity contribution in [1.82, 2.24) is 4.31 Å². The van der Waals surface area contributed by atoms with Crippen LogP contribution in [0.2, 0.25) is 5.02 Å². The fourth-order valence-corrected chi connectivity index (χ4v) is 3.72. The predicted molar refractivity (Wildman–Crippen MR) is 119 cm³/mol. The Balaban J connectivity index is 2.03. The van der Waals surface area contributed by atoms with Crippen LogP contribution >= 0.6 is 11.6 Å². The van der Waals surface area contributed by atoms with Crippen LogP contribution in [0.1, 0.15) is 11.1 Å². The highest BCUT2D eigenvalue weighted by Crippen LogP contribution is 2.35. The Morgan fingerprint density at radius 2 is 1.90 bits per heavy atom. The van der Waals surface area contributed by atoms with E-state index in [2.05, 4.69) is 10.5 Å². The van der Waals surface area contributed by atoms with Gasteiger partial charge in [0, 0.05) is 25.3 Å². The Labute approximate surface area is 186 Å². The molecule has 31 heavy (non-hydrogen) atoms. The van der Waals surface area contributed by atoms with E-state index in [1.807, 2.05) is 0 Å². The molecule has 0 aliphatic heterocycles. The number of sulfonamides is 1. The third-order valence-corrected chi connectivity index (χ3v) is 6.28. The molecule has 9 nitrogen and oxygen atoms in total. The Morgan fingerprint density at radius 3 is 2.52 bits per heavy atom. The summed E-state index contributed by atoms with van der Waals surface area (Å²) in [5.41, 5.74) is 1.65. The van der Waals surface area contributed by atoms with Crippen LogP contribution in [-0.4, -0.2) is 59.8 Å². The molecule has 2 aromatic carbocycles. The topological polar surface area (TPSA) is 107 Å². The number of carbonyl (C=O) groups is 1. The summed E-state index contributed by atoms with van der Waals surface area (Å²) in [6.07, 6.45) is 1.37. The van der Waals surface area contributed by atoms with Gasteiger partial charge in [-0.15, -0.1) is 0 Å². The Morgan fingerprint density at radius 1 is 1.19 bits per heavy atom. The maximum atomic E-state index is 12.3. The molecule has 0 heterocycles. The lowest BCUT2D eigenvalue weighted by Gasteiger charge is -2.14. The largest absolute Gasteiger partial charge is 0.493 e. The standard InChI is InChI=1S/C20H24ClN3O6S/c1-13-6-7-15(31(26,27)24(2)3)10-17(13)23-19(25)12-30-22-11-14-8-16(21)20(29-5)18(9-14)28-4/h6-11H,12H2,1-5H3,(H,23,25)/b22-11+. The minimum absolute atomic E-state index is 0.0719. The number of methoxy groups -OCH3 is 2.